The Bertz CT molecular complexity index is 522. The summed E-state index contributed by atoms with van der Waals surface area (Å²) in [6.07, 6.45) is 3.10. The number of ketones is 1. The van der Waals surface area contributed by atoms with Gasteiger partial charge in [0.2, 0.25) is 0 Å². The average molecular weight is 228 g/mol. The topological polar surface area (TPSA) is 42.0 Å². The highest BCUT2D eigenvalue weighted by molar-refractivity contribution is 5.98. The maximum Gasteiger partial charge on any atom is 0.164 e. The fourth-order valence-electron chi connectivity index (χ4n) is 1.79. The SMILES string of the molecule is CNCCCC(=O)c1cnc2ccccc2c1. The Hall–Kier alpha value is -1.74. The Labute approximate surface area is 101 Å². The summed E-state index contributed by atoms with van der Waals surface area (Å²) in [6, 6.07) is 9.75. The number of benzene rings is 1. The zero-order valence-corrected chi connectivity index (χ0v) is 9.94. The number of hydrogen-bond acceptors (Lipinski definition) is 3. The lowest BCUT2D eigenvalue weighted by molar-refractivity contribution is 0.0980. The molecule has 1 N–H and O–H groups in total. The van der Waals surface area contributed by atoms with Gasteiger partial charge in [-0.25, -0.2) is 0 Å². The number of carbonyl (C=O) groups excluding carboxylic acids is 1. The average Bonchev–Trinajstić information content (AvgIpc) is 2.38. The normalized spacial score (nSPS) is 10.6. The number of nitrogens with one attached hydrogen (secondary N) is 1. The molecule has 1 heterocycles. The van der Waals surface area contributed by atoms with Crippen molar-refractivity contribution in [1.82, 2.24) is 10.3 Å². The number of Topliss-reactive ketones (excluding diaryl/α,β-unsaturated/α-hetero) is 1. The summed E-state index contributed by atoms with van der Waals surface area (Å²) in [6.45, 7) is 0.868. The van der Waals surface area contributed by atoms with E-state index in [1.807, 2.05) is 37.4 Å². The van der Waals surface area contributed by atoms with E-state index in [1.165, 1.54) is 0 Å². The molecule has 3 nitrogen and oxygen atoms in total. The van der Waals surface area contributed by atoms with Gasteiger partial charge in [-0.1, -0.05) is 18.2 Å². The molecule has 0 bridgehead atoms. The van der Waals surface area contributed by atoms with Crippen LogP contribution in [0.1, 0.15) is 23.2 Å². The maximum absolute atomic E-state index is 11.9. The quantitative estimate of drug-likeness (QED) is 0.631. The third-order valence-electron chi connectivity index (χ3n) is 2.74. The van der Waals surface area contributed by atoms with Gasteiger partial charge in [-0.15, -0.1) is 0 Å². The third kappa shape index (κ3) is 2.88. The van der Waals surface area contributed by atoms with Gasteiger partial charge in [0.05, 0.1) is 5.52 Å². The highest BCUT2D eigenvalue weighted by atomic mass is 16.1. The third-order valence-corrected chi connectivity index (χ3v) is 2.74. The van der Waals surface area contributed by atoms with Gasteiger partial charge in [-0.3, -0.25) is 9.78 Å². The number of para-hydroxylation sites is 1. The summed E-state index contributed by atoms with van der Waals surface area (Å²) in [5.41, 5.74) is 1.64. The van der Waals surface area contributed by atoms with Crippen molar-refractivity contribution in [3.05, 3.63) is 42.1 Å². The lowest BCUT2D eigenvalue weighted by Crippen LogP contribution is -2.10. The van der Waals surface area contributed by atoms with Crippen molar-refractivity contribution >= 4 is 16.7 Å². The molecule has 88 valence electrons. The molecule has 3 heteroatoms. The van der Waals surface area contributed by atoms with E-state index < -0.39 is 0 Å². The second-order valence-electron chi connectivity index (χ2n) is 4.05. The van der Waals surface area contributed by atoms with Crippen LogP contribution in [-0.2, 0) is 0 Å². The molecule has 2 aromatic rings. The minimum absolute atomic E-state index is 0.165. The van der Waals surface area contributed by atoms with E-state index in [0.717, 1.165) is 23.9 Å². The first-order valence-corrected chi connectivity index (χ1v) is 5.84. The Morgan fingerprint density at radius 1 is 1.35 bits per heavy atom. The molecule has 0 aliphatic heterocycles. The first-order chi connectivity index (χ1) is 8.31. The summed E-state index contributed by atoms with van der Waals surface area (Å²) in [5, 5.41) is 4.06. The summed E-state index contributed by atoms with van der Waals surface area (Å²) in [4.78, 5) is 16.2. The van der Waals surface area contributed by atoms with E-state index in [9.17, 15) is 4.79 Å². The fraction of sp³-hybridized carbons (Fsp3) is 0.286. The van der Waals surface area contributed by atoms with Gasteiger partial charge in [0.25, 0.3) is 0 Å². The van der Waals surface area contributed by atoms with Crippen molar-refractivity contribution in [3.8, 4) is 0 Å². The standard InChI is InChI=1S/C14H16N2O/c1-15-8-4-7-14(17)12-9-11-5-2-3-6-13(11)16-10-12/h2-3,5-6,9-10,15H,4,7-8H2,1H3. The highest BCUT2D eigenvalue weighted by Crippen LogP contribution is 2.14. The first-order valence-electron chi connectivity index (χ1n) is 5.84. The Morgan fingerprint density at radius 3 is 3.00 bits per heavy atom. The minimum atomic E-state index is 0.165. The van der Waals surface area contributed by atoms with Crippen LogP contribution in [0.4, 0.5) is 0 Å². The van der Waals surface area contributed by atoms with E-state index in [4.69, 9.17) is 0 Å². The van der Waals surface area contributed by atoms with E-state index >= 15 is 0 Å². The molecule has 17 heavy (non-hydrogen) atoms. The number of fused-ring (bicyclic) bond motifs is 1. The van der Waals surface area contributed by atoms with E-state index in [2.05, 4.69) is 10.3 Å². The second-order valence-corrected chi connectivity index (χ2v) is 4.05. The first kappa shape index (κ1) is 11.7. The molecular weight excluding hydrogens is 212 g/mol. The summed E-state index contributed by atoms with van der Waals surface area (Å²) in [5.74, 6) is 0.165. The smallest absolute Gasteiger partial charge is 0.164 e. The summed E-state index contributed by atoms with van der Waals surface area (Å²) < 4.78 is 0. The van der Waals surface area contributed by atoms with Gasteiger partial charge < -0.3 is 5.32 Å². The molecule has 0 aliphatic rings. The van der Waals surface area contributed by atoms with Crippen molar-refractivity contribution in [2.75, 3.05) is 13.6 Å². The molecule has 0 saturated carbocycles. The zero-order valence-electron chi connectivity index (χ0n) is 9.94. The lowest BCUT2D eigenvalue weighted by atomic mass is 10.1. The Kier molecular flexibility index (Phi) is 3.83. The van der Waals surface area contributed by atoms with Gasteiger partial charge in [-0.05, 0) is 32.1 Å². The summed E-state index contributed by atoms with van der Waals surface area (Å²) in [7, 11) is 1.89. The maximum atomic E-state index is 11.9. The van der Waals surface area contributed by atoms with E-state index in [0.29, 0.717) is 12.0 Å². The molecule has 1 aromatic heterocycles. The number of aromatic nitrogens is 1. The number of hydrogen-bond donors (Lipinski definition) is 1. The van der Waals surface area contributed by atoms with Crippen LogP contribution in [0.25, 0.3) is 10.9 Å². The van der Waals surface area contributed by atoms with Crippen molar-refractivity contribution in [2.45, 2.75) is 12.8 Å². The zero-order chi connectivity index (χ0) is 12.1. The van der Waals surface area contributed by atoms with Crippen LogP contribution in [0.3, 0.4) is 0 Å². The molecule has 0 unspecified atom stereocenters. The van der Waals surface area contributed by atoms with Crippen molar-refractivity contribution in [1.29, 1.82) is 0 Å². The van der Waals surface area contributed by atoms with Crippen LogP contribution < -0.4 is 5.32 Å². The van der Waals surface area contributed by atoms with E-state index in [-0.39, 0.29) is 5.78 Å². The monoisotopic (exact) mass is 228 g/mol. The fourth-order valence-corrected chi connectivity index (χ4v) is 1.79. The minimum Gasteiger partial charge on any atom is -0.320 e. The number of carbonyl (C=O) groups is 1. The number of rotatable bonds is 5. The molecular formula is C14H16N2O. The van der Waals surface area contributed by atoms with Gasteiger partial charge in [0, 0.05) is 23.6 Å². The van der Waals surface area contributed by atoms with Crippen LogP contribution >= 0.6 is 0 Å². The van der Waals surface area contributed by atoms with Crippen molar-refractivity contribution in [3.63, 3.8) is 0 Å². The number of nitrogens with zero attached hydrogens (tertiary/aromatic N) is 1. The molecule has 0 amide bonds. The molecule has 1 aromatic carbocycles. The molecule has 0 saturated heterocycles. The van der Waals surface area contributed by atoms with Crippen LogP contribution in [-0.4, -0.2) is 24.4 Å². The lowest BCUT2D eigenvalue weighted by Gasteiger charge is -2.02. The molecule has 0 aliphatic carbocycles. The Balaban J connectivity index is 2.15. The predicted octanol–water partition coefficient (Wildman–Crippen LogP) is 2.42. The second kappa shape index (κ2) is 5.55. The van der Waals surface area contributed by atoms with Crippen LogP contribution in [0.5, 0.6) is 0 Å². The van der Waals surface area contributed by atoms with Crippen molar-refractivity contribution in [2.24, 2.45) is 0 Å². The van der Waals surface area contributed by atoms with Crippen LogP contribution in [0, 0.1) is 0 Å². The Morgan fingerprint density at radius 2 is 2.18 bits per heavy atom. The molecule has 0 radical (unpaired) electrons. The van der Waals surface area contributed by atoms with E-state index in [1.54, 1.807) is 6.20 Å². The van der Waals surface area contributed by atoms with Gasteiger partial charge in [0.15, 0.2) is 5.78 Å². The molecule has 0 atom stereocenters. The van der Waals surface area contributed by atoms with Crippen LogP contribution in [0.15, 0.2) is 36.5 Å². The highest BCUT2D eigenvalue weighted by Gasteiger charge is 2.06. The van der Waals surface area contributed by atoms with Crippen molar-refractivity contribution < 1.29 is 4.79 Å². The van der Waals surface area contributed by atoms with Gasteiger partial charge >= 0.3 is 0 Å². The molecule has 2 rings (SSSR count). The largest absolute Gasteiger partial charge is 0.320 e. The van der Waals surface area contributed by atoms with Gasteiger partial charge in [-0.2, -0.15) is 0 Å². The van der Waals surface area contributed by atoms with Crippen LogP contribution in [0.2, 0.25) is 0 Å². The predicted molar refractivity (Wildman–Crippen MR) is 69.2 cm³/mol. The molecule has 0 spiro atoms. The summed E-state index contributed by atoms with van der Waals surface area (Å²) >= 11 is 0. The number of pyridine rings is 1. The van der Waals surface area contributed by atoms with Gasteiger partial charge in [0.1, 0.15) is 0 Å². The molecule has 0 fully saturated rings.